The molecule has 3 N–H and O–H groups in total. The number of aryl methyl sites for hydroxylation is 1. The Kier molecular flexibility index (Phi) is 4.11. The van der Waals surface area contributed by atoms with Gasteiger partial charge in [-0.2, -0.15) is 4.98 Å². The highest BCUT2D eigenvalue weighted by atomic mass is 15.2. The molecule has 0 amide bonds. The van der Waals surface area contributed by atoms with Gasteiger partial charge >= 0.3 is 0 Å². The van der Waals surface area contributed by atoms with E-state index < -0.39 is 0 Å². The first kappa shape index (κ1) is 14.6. The summed E-state index contributed by atoms with van der Waals surface area (Å²) in [7, 11) is 2.16. The van der Waals surface area contributed by atoms with Crippen LogP contribution in [0.5, 0.6) is 0 Å². The fourth-order valence-corrected chi connectivity index (χ4v) is 2.46. The Labute approximate surface area is 131 Å². The number of rotatable bonds is 3. The van der Waals surface area contributed by atoms with Crippen molar-refractivity contribution in [2.45, 2.75) is 6.92 Å². The lowest BCUT2D eigenvalue weighted by Crippen LogP contribution is -2.44. The summed E-state index contributed by atoms with van der Waals surface area (Å²) in [6.07, 6.45) is 1.73. The number of hydrogen-bond acceptors (Lipinski definition) is 6. The molecule has 116 valence electrons. The van der Waals surface area contributed by atoms with E-state index in [1.54, 1.807) is 6.20 Å². The van der Waals surface area contributed by atoms with E-state index in [1.165, 1.54) is 5.69 Å². The standard InChI is InChI=1S/C16H22N6/c1-12-11-18-16(20-15(12)17)19-13-3-5-14(6-4-13)22-9-7-21(2)8-10-22/h3-6,11H,7-10H2,1-2H3,(H3,17,18,19,20). The highest BCUT2D eigenvalue weighted by molar-refractivity contribution is 5.60. The number of benzene rings is 1. The molecule has 6 heteroatoms. The van der Waals surface area contributed by atoms with Crippen molar-refractivity contribution in [2.24, 2.45) is 0 Å². The summed E-state index contributed by atoms with van der Waals surface area (Å²) in [5.41, 5.74) is 8.90. The van der Waals surface area contributed by atoms with Gasteiger partial charge in [-0.3, -0.25) is 0 Å². The van der Waals surface area contributed by atoms with Crippen LogP contribution in [0.2, 0.25) is 0 Å². The molecule has 1 aromatic heterocycles. The lowest BCUT2D eigenvalue weighted by atomic mass is 10.2. The zero-order valence-electron chi connectivity index (χ0n) is 13.1. The summed E-state index contributed by atoms with van der Waals surface area (Å²) in [4.78, 5) is 13.2. The van der Waals surface area contributed by atoms with Crippen molar-refractivity contribution in [1.29, 1.82) is 0 Å². The molecule has 0 saturated carbocycles. The monoisotopic (exact) mass is 298 g/mol. The average Bonchev–Trinajstić information content (AvgIpc) is 2.53. The maximum atomic E-state index is 5.81. The fraction of sp³-hybridized carbons (Fsp3) is 0.375. The van der Waals surface area contributed by atoms with Crippen LogP contribution in [0.15, 0.2) is 30.5 Å². The van der Waals surface area contributed by atoms with Crippen LogP contribution >= 0.6 is 0 Å². The molecule has 1 aliphatic heterocycles. The molecule has 0 unspecified atom stereocenters. The van der Waals surface area contributed by atoms with Gasteiger partial charge in [0.15, 0.2) is 0 Å². The Morgan fingerprint density at radius 1 is 1.09 bits per heavy atom. The zero-order valence-corrected chi connectivity index (χ0v) is 13.1. The number of piperazine rings is 1. The second kappa shape index (κ2) is 6.19. The van der Waals surface area contributed by atoms with Crippen LogP contribution < -0.4 is 16.0 Å². The quantitative estimate of drug-likeness (QED) is 0.901. The lowest BCUT2D eigenvalue weighted by Gasteiger charge is -2.34. The van der Waals surface area contributed by atoms with Crippen LogP contribution in [0.3, 0.4) is 0 Å². The predicted octanol–water partition coefficient (Wildman–Crippen LogP) is 1.86. The van der Waals surface area contributed by atoms with Crippen molar-refractivity contribution in [2.75, 3.05) is 49.2 Å². The molecule has 0 bridgehead atoms. The number of hydrogen-bond donors (Lipinski definition) is 2. The molecule has 0 radical (unpaired) electrons. The number of nitrogens with zero attached hydrogens (tertiary/aromatic N) is 4. The van der Waals surface area contributed by atoms with Gasteiger partial charge in [0.25, 0.3) is 0 Å². The van der Waals surface area contributed by atoms with Crippen LogP contribution in [-0.4, -0.2) is 48.1 Å². The molecule has 6 nitrogen and oxygen atoms in total. The minimum Gasteiger partial charge on any atom is -0.383 e. The normalized spacial score (nSPS) is 15.8. The molecule has 22 heavy (non-hydrogen) atoms. The highest BCUT2D eigenvalue weighted by Crippen LogP contribution is 2.21. The van der Waals surface area contributed by atoms with E-state index >= 15 is 0 Å². The predicted molar refractivity (Wildman–Crippen MR) is 90.6 cm³/mol. The van der Waals surface area contributed by atoms with Gasteiger partial charge in [0.2, 0.25) is 5.95 Å². The molecule has 0 spiro atoms. The number of aromatic nitrogens is 2. The van der Waals surface area contributed by atoms with Gasteiger partial charge in [-0.25, -0.2) is 4.98 Å². The summed E-state index contributed by atoms with van der Waals surface area (Å²) < 4.78 is 0. The Morgan fingerprint density at radius 2 is 1.77 bits per heavy atom. The summed E-state index contributed by atoms with van der Waals surface area (Å²) in [6.45, 7) is 6.25. The smallest absolute Gasteiger partial charge is 0.229 e. The summed E-state index contributed by atoms with van der Waals surface area (Å²) >= 11 is 0. The molecule has 1 saturated heterocycles. The zero-order chi connectivity index (χ0) is 15.5. The Bertz CT molecular complexity index is 632. The minimum atomic E-state index is 0.506. The van der Waals surface area contributed by atoms with Crippen molar-refractivity contribution < 1.29 is 0 Å². The van der Waals surface area contributed by atoms with Gasteiger partial charge in [-0.1, -0.05) is 0 Å². The van der Waals surface area contributed by atoms with Crippen molar-refractivity contribution in [3.63, 3.8) is 0 Å². The van der Waals surface area contributed by atoms with Gasteiger partial charge in [0, 0.05) is 49.3 Å². The number of nitrogens with one attached hydrogen (secondary N) is 1. The topological polar surface area (TPSA) is 70.3 Å². The summed E-state index contributed by atoms with van der Waals surface area (Å²) in [5, 5.41) is 3.18. The van der Waals surface area contributed by atoms with Gasteiger partial charge < -0.3 is 20.9 Å². The first-order chi connectivity index (χ1) is 10.6. The number of nitrogens with two attached hydrogens (primary N) is 1. The largest absolute Gasteiger partial charge is 0.383 e. The van der Waals surface area contributed by atoms with E-state index in [2.05, 4.69) is 44.3 Å². The van der Waals surface area contributed by atoms with E-state index in [0.29, 0.717) is 11.8 Å². The van der Waals surface area contributed by atoms with Crippen molar-refractivity contribution >= 4 is 23.1 Å². The number of likely N-dealkylation sites (N-methyl/N-ethyl adjacent to an activating group) is 1. The lowest BCUT2D eigenvalue weighted by molar-refractivity contribution is 0.313. The SMILES string of the molecule is Cc1cnc(Nc2ccc(N3CCN(C)CC3)cc2)nc1N. The van der Waals surface area contributed by atoms with E-state index in [-0.39, 0.29) is 0 Å². The third-order valence-electron chi connectivity index (χ3n) is 4.00. The number of anilines is 4. The third kappa shape index (κ3) is 3.28. The Morgan fingerprint density at radius 3 is 2.41 bits per heavy atom. The second-order valence-electron chi connectivity index (χ2n) is 5.72. The van der Waals surface area contributed by atoms with E-state index in [4.69, 9.17) is 5.73 Å². The van der Waals surface area contributed by atoms with E-state index in [9.17, 15) is 0 Å². The van der Waals surface area contributed by atoms with Crippen molar-refractivity contribution in [1.82, 2.24) is 14.9 Å². The van der Waals surface area contributed by atoms with Gasteiger partial charge in [-0.15, -0.1) is 0 Å². The van der Waals surface area contributed by atoms with Crippen LogP contribution in [-0.2, 0) is 0 Å². The summed E-state index contributed by atoms with van der Waals surface area (Å²) in [6, 6.07) is 8.36. The van der Waals surface area contributed by atoms with Crippen LogP contribution in [0.25, 0.3) is 0 Å². The molecule has 1 fully saturated rings. The van der Waals surface area contributed by atoms with Crippen molar-refractivity contribution in [3.8, 4) is 0 Å². The highest BCUT2D eigenvalue weighted by Gasteiger charge is 2.13. The Balaban J connectivity index is 1.67. The fourth-order valence-electron chi connectivity index (χ4n) is 2.46. The molecule has 0 aliphatic carbocycles. The Hall–Kier alpha value is -2.34. The second-order valence-corrected chi connectivity index (χ2v) is 5.72. The molecule has 2 aromatic rings. The maximum Gasteiger partial charge on any atom is 0.229 e. The van der Waals surface area contributed by atoms with Crippen molar-refractivity contribution in [3.05, 3.63) is 36.0 Å². The molecular weight excluding hydrogens is 276 g/mol. The first-order valence-corrected chi connectivity index (χ1v) is 7.51. The maximum absolute atomic E-state index is 5.81. The van der Waals surface area contributed by atoms with Gasteiger partial charge in [-0.05, 0) is 38.2 Å². The van der Waals surface area contributed by atoms with Gasteiger partial charge in [0.1, 0.15) is 5.82 Å². The van der Waals surface area contributed by atoms with Crippen LogP contribution in [0.4, 0.5) is 23.1 Å². The first-order valence-electron chi connectivity index (χ1n) is 7.51. The van der Waals surface area contributed by atoms with Crippen LogP contribution in [0, 0.1) is 6.92 Å². The minimum absolute atomic E-state index is 0.506. The molecule has 1 aliphatic rings. The molecule has 1 aromatic carbocycles. The van der Waals surface area contributed by atoms with E-state index in [0.717, 1.165) is 37.4 Å². The molecule has 2 heterocycles. The van der Waals surface area contributed by atoms with Crippen LogP contribution in [0.1, 0.15) is 5.56 Å². The molecule has 3 rings (SSSR count). The average molecular weight is 298 g/mol. The van der Waals surface area contributed by atoms with Gasteiger partial charge in [0.05, 0.1) is 0 Å². The molecule has 0 atom stereocenters. The third-order valence-corrected chi connectivity index (χ3v) is 4.00. The van der Waals surface area contributed by atoms with E-state index in [1.807, 2.05) is 19.1 Å². The molecular formula is C16H22N6. The number of nitrogen functional groups attached to an aromatic ring is 1. The summed E-state index contributed by atoms with van der Waals surface area (Å²) in [5.74, 6) is 1.03.